The lowest BCUT2D eigenvalue weighted by molar-refractivity contribution is -0.139. The summed E-state index contributed by atoms with van der Waals surface area (Å²) in [6.45, 7) is 10.1. The first kappa shape index (κ1) is 14.8. The minimum Gasteiger partial charge on any atom is -0.481 e. The fourth-order valence-corrected chi connectivity index (χ4v) is 2.19. The second-order valence-electron chi connectivity index (χ2n) is 5.79. The van der Waals surface area contributed by atoms with Crippen molar-refractivity contribution in [1.29, 1.82) is 0 Å². The minimum absolute atomic E-state index is 0.0420. The van der Waals surface area contributed by atoms with Crippen LogP contribution in [0.25, 0.3) is 0 Å². The largest absolute Gasteiger partial charge is 0.481 e. The van der Waals surface area contributed by atoms with Crippen LogP contribution < -0.4 is 0 Å². The summed E-state index contributed by atoms with van der Waals surface area (Å²) in [5, 5.41) is 8.68. The van der Waals surface area contributed by atoms with Gasteiger partial charge in [-0.05, 0) is 19.8 Å². The second kappa shape index (κ2) is 6.07. The molecule has 0 radical (unpaired) electrons. The van der Waals surface area contributed by atoms with E-state index in [0.717, 1.165) is 6.54 Å². The standard InChI is InChI=1S/C13H24N2O3/c1-9(2)6-15(10(3)4)13(18)14-7-11(8-14)5-12(16)17/h9-11H,5-8H2,1-4H3,(H,16,17). The first-order chi connectivity index (χ1) is 8.31. The van der Waals surface area contributed by atoms with Crippen LogP contribution in [0.5, 0.6) is 0 Å². The average molecular weight is 256 g/mol. The SMILES string of the molecule is CC(C)CN(C(=O)N1CC(CC(=O)O)C1)C(C)C. The summed E-state index contributed by atoms with van der Waals surface area (Å²) in [4.78, 5) is 26.4. The number of hydrogen-bond donors (Lipinski definition) is 1. The van der Waals surface area contributed by atoms with Gasteiger partial charge >= 0.3 is 12.0 Å². The van der Waals surface area contributed by atoms with Gasteiger partial charge in [0.05, 0.1) is 6.42 Å². The Hall–Kier alpha value is -1.26. The number of carboxylic acid groups (broad SMARTS) is 1. The van der Waals surface area contributed by atoms with Crippen LogP contribution in [0.3, 0.4) is 0 Å². The Morgan fingerprint density at radius 1 is 1.28 bits per heavy atom. The third-order valence-electron chi connectivity index (χ3n) is 3.12. The van der Waals surface area contributed by atoms with Crippen LogP contribution in [0.1, 0.15) is 34.1 Å². The molecule has 5 heteroatoms. The lowest BCUT2D eigenvalue weighted by Crippen LogP contribution is -2.57. The van der Waals surface area contributed by atoms with Crippen molar-refractivity contribution in [3.8, 4) is 0 Å². The van der Waals surface area contributed by atoms with Gasteiger partial charge in [-0.1, -0.05) is 13.8 Å². The van der Waals surface area contributed by atoms with Gasteiger partial charge in [-0.3, -0.25) is 4.79 Å². The van der Waals surface area contributed by atoms with Crippen molar-refractivity contribution in [2.24, 2.45) is 11.8 Å². The summed E-state index contributed by atoms with van der Waals surface area (Å²) in [5.74, 6) is -0.220. The van der Waals surface area contributed by atoms with Crippen LogP contribution in [0, 0.1) is 11.8 Å². The van der Waals surface area contributed by atoms with Gasteiger partial charge in [-0.2, -0.15) is 0 Å². The summed E-state index contributed by atoms with van der Waals surface area (Å²) in [7, 11) is 0. The predicted molar refractivity (Wildman–Crippen MR) is 69.4 cm³/mol. The highest BCUT2D eigenvalue weighted by molar-refractivity contribution is 5.76. The summed E-state index contributed by atoms with van der Waals surface area (Å²) < 4.78 is 0. The third kappa shape index (κ3) is 3.89. The average Bonchev–Trinajstić information content (AvgIpc) is 2.17. The highest BCUT2D eigenvalue weighted by Crippen LogP contribution is 2.21. The van der Waals surface area contributed by atoms with Crippen molar-refractivity contribution in [3.05, 3.63) is 0 Å². The van der Waals surface area contributed by atoms with Crippen molar-refractivity contribution in [2.75, 3.05) is 19.6 Å². The molecule has 0 saturated carbocycles. The summed E-state index contributed by atoms with van der Waals surface area (Å²) >= 11 is 0. The third-order valence-corrected chi connectivity index (χ3v) is 3.12. The van der Waals surface area contributed by atoms with Crippen LogP contribution >= 0.6 is 0 Å². The van der Waals surface area contributed by atoms with Gasteiger partial charge in [0.15, 0.2) is 0 Å². The lowest BCUT2D eigenvalue weighted by Gasteiger charge is -2.43. The Morgan fingerprint density at radius 2 is 1.83 bits per heavy atom. The van der Waals surface area contributed by atoms with Crippen molar-refractivity contribution in [3.63, 3.8) is 0 Å². The number of rotatable bonds is 5. The molecule has 1 aliphatic rings. The predicted octanol–water partition coefficient (Wildman–Crippen LogP) is 1.88. The lowest BCUT2D eigenvalue weighted by atomic mass is 9.97. The van der Waals surface area contributed by atoms with Gasteiger partial charge in [0.25, 0.3) is 0 Å². The molecule has 1 fully saturated rings. The highest BCUT2D eigenvalue weighted by atomic mass is 16.4. The minimum atomic E-state index is -0.782. The molecule has 5 nitrogen and oxygen atoms in total. The van der Waals surface area contributed by atoms with Crippen LogP contribution in [0.15, 0.2) is 0 Å². The van der Waals surface area contributed by atoms with Crippen LogP contribution in [0.4, 0.5) is 4.79 Å². The number of urea groups is 1. The molecule has 2 amide bonds. The molecule has 0 aromatic heterocycles. The Morgan fingerprint density at radius 3 is 2.22 bits per heavy atom. The maximum absolute atomic E-state index is 12.2. The summed E-state index contributed by atoms with van der Waals surface area (Å²) in [6.07, 6.45) is 0.162. The number of aliphatic carboxylic acids is 1. The molecule has 18 heavy (non-hydrogen) atoms. The van der Waals surface area contributed by atoms with E-state index in [-0.39, 0.29) is 24.4 Å². The van der Waals surface area contributed by atoms with Crippen molar-refractivity contribution >= 4 is 12.0 Å². The van der Waals surface area contributed by atoms with Gasteiger partial charge in [0, 0.05) is 31.6 Å². The van der Waals surface area contributed by atoms with Gasteiger partial charge in [0.2, 0.25) is 0 Å². The molecule has 0 atom stereocenters. The molecule has 0 spiro atoms. The van der Waals surface area contributed by atoms with Crippen LogP contribution in [-0.2, 0) is 4.79 Å². The molecule has 0 aromatic carbocycles. The van der Waals surface area contributed by atoms with E-state index in [1.807, 2.05) is 18.7 Å². The molecule has 1 N–H and O–H groups in total. The number of hydrogen-bond acceptors (Lipinski definition) is 2. The molecule has 0 unspecified atom stereocenters. The molecule has 104 valence electrons. The van der Waals surface area contributed by atoms with Gasteiger partial charge in [-0.15, -0.1) is 0 Å². The molecule has 0 bridgehead atoms. The fraction of sp³-hybridized carbons (Fsp3) is 0.846. The van der Waals surface area contributed by atoms with E-state index in [2.05, 4.69) is 13.8 Å². The topological polar surface area (TPSA) is 60.9 Å². The maximum atomic E-state index is 12.2. The van der Waals surface area contributed by atoms with E-state index >= 15 is 0 Å². The quantitative estimate of drug-likeness (QED) is 0.817. The van der Waals surface area contributed by atoms with Crippen LogP contribution in [0.2, 0.25) is 0 Å². The molecule has 1 aliphatic heterocycles. The molecule has 0 aliphatic carbocycles. The molecule has 1 heterocycles. The van der Waals surface area contributed by atoms with E-state index in [1.54, 1.807) is 4.90 Å². The number of likely N-dealkylation sites (tertiary alicyclic amines) is 1. The molecular weight excluding hydrogens is 232 g/mol. The smallest absolute Gasteiger partial charge is 0.320 e. The summed E-state index contributed by atoms with van der Waals surface area (Å²) in [5.41, 5.74) is 0. The van der Waals surface area contributed by atoms with E-state index in [1.165, 1.54) is 0 Å². The number of carbonyl (C=O) groups is 2. The van der Waals surface area contributed by atoms with Crippen molar-refractivity contribution < 1.29 is 14.7 Å². The second-order valence-corrected chi connectivity index (χ2v) is 5.79. The zero-order chi connectivity index (χ0) is 13.9. The Kier molecular flexibility index (Phi) is 4.99. The Labute approximate surface area is 109 Å². The monoisotopic (exact) mass is 256 g/mol. The molecular formula is C13H24N2O3. The zero-order valence-corrected chi connectivity index (χ0v) is 11.7. The highest BCUT2D eigenvalue weighted by Gasteiger charge is 2.35. The van der Waals surface area contributed by atoms with E-state index < -0.39 is 5.97 Å². The number of amides is 2. The van der Waals surface area contributed by atoms with Gasteiger partial charge < -0.3 is 14.9 Å². The molecule has 1 rings (SSSR count). The van der Waals surface area contributed by atoms with E-state index in [4.69, 9.17) is 5.11 Å². The van der Waals surface area contributed by atoms with Gasteiger partial charge in [0.1, 0.15) is 0 Å². The molecule has 0 aromatic rings. The number of nitrogens with zero attached hydrogens (tertiary/aromatic N) is 2. The van der Waals surface area contributed by atoms with E-state index in [0.29, 0.717) is 19.0 Å². The summed E-state index contributed by atoms with van der Waals surface area (Å²) in [6, 6.07) is 0.221. The molecule has 1 saturated heterocycles. The first-order valence-corrected chi connectivity index (χ1v) is 6.58. The number of carboxylic acids is 1. The maximum Gasteiger partial charge on any atom is 0.320 e. The van der Waals surface area contributed by atoms with Crippen molar-refractivity contribution in [2.45, 2.75) is 40.2 Å². The van der Waals surface area contributed by atoms with Crippen molar-refractivity contribution in [1.82, 2.24) is 9.80 Å². The fourth-order valence-electron chi connectivity index (χ4n) is 2.19. The van der Waals surface area contributed by atoms with E-state index in [9.17, 15) is 9.59 Å². The number of carbonyl (C=O) groups excluding carboxylic acids is 1. The normalized spacial score (nSPS) is 16.0. The Bertz CT molecular complexity index is 309. The van der Waals surface area contributed by atoms with Crippen LogP contribution in [-0.4, -0.2) is 52.6 Å². The first-order valence-electron chi connectivity index (χ1n) is 6.58. The zero-order valence-electron chi connectivity index (χ0n) is 11.7. The Balaban J connectivity index is 2.46. The van der Waals surface area contributed by atoms with Gasteiger partial charge in [-0.25, -0.2) is 4.79 Å².